The first-order chi connectivity index (χ1) is 15.1. The molecule has 3 atom stereocenters. The maximum absolute atomic E-state index is 13.4. The number of carbonyl (C=O) groups is 1. The summed E-state index contributed by atoms with van der Waals surface area (Å²) >= 11 is 0. The van der Waals surface area contributed by atoms with Crippen LogP contribution in [0.5, 0.6) is 11.5 Å². The molecule has 1 heterocycles. The zero-order chi connectivity index (χ0) is 21.8. The molecule has 2 fully saturated rings. The van der Waals surface area contributed by atoms with Crippen LogP contribution in [0.4, 0.5) is 0 Å². The second-order valence-corrected chi connectivity index (χ2v) is 8.53. The van der Waals surface area contributed by atoms with E-state index in [-0.39, 0.29) is 17.9 Å². The van der Waals surface area contributed by atoms with Crippen molar-refractivity contribution in [1.82, 2.24) is 4.90 Å². The highest BCUT2D eigenvalue weighted by Crippen LogP contribution is 2.51. The number of ether oxygens (including phenoxy) is 2. The van der Waals surface area contributed by atoms with E-state index in [4.69, 9.17) is 9.47 Å². The summed E-state index contributed by atoms with van der Waals surface area (Å²) in [6.45, 7) is 0.510. The van der Waals surface area contributed by atoms with Crippen LogP contribution in [0.15, 0.2) is 54.6 Å². The molecule has 0 aromatic heterocycles. The molecule has 1 saturated carbocycles. The summed E-state index contributed by atoms with van der Waals surface area (Å²) in [7, 11) is 3.28. The fourth-order valence-electron chi connectivity index (χ4n) is 5.21. The quantitative estimate of drug-likeness (QED) is 0.716. The molecule has 4 rings (SSSR count). The minimum Gasteiger partial charge on any atom is -0.497 e. The Hall–Kier alpha value is -2.79. The lowest BCUT2D eigenvalue weighted by atomic mass is 9.66. The summed E-state index contributed by atoms with van der Waals surface area (Å²) in [4.78, 5) is 15.3. The topological polar surface area (TPSA) is 59.0 Å². The third-order valence-electron chi connectivity index (χ3n) is 6.82. The predicted octanol–water partition coefficient (Wildman–Crippen LogP) is 4.61. The Kier molecular flexibility index (Phi) is 6.33. The van der Waals surface area contributed by atoms with Gasteiger partial charge in [0.1, 0.15) is 11.5 Å². The van der Waals surface area contributed by atoms with Crippen molar-refractivity contribution in [1.29, 1.82) is 0 Å². The Morgan fingerprint density at radius 3 is 2.65 bits per heavy atom. The first-order valence-corrected chi connectivity index (χ1v) is 11.0. The van der Waals surface area contributed by atoms with Gasteiger partial charge in [0.25, 0.3) is 0 Å². The number of fused-ring (bicyclic) bond motifs is 1. The smallest absolute Gasteiger partial charge is 0.247 e. The monoisotopic (exact) mass is 421 g/mol. The van der Waals surface area contributed by atoms with E-state index in [1.165, 1.54) is 0 Å². The number of likely N-dealkylation sites (tertiary alicyclic amines) is 1. The zero-order valence-corrected chi connectivity index (χ0v) is 18.3. The van der Waals surface area contributed by atoms with Gasteiger partial charge in [-0.15, -0.1) is 0 Å². The molecule has 164 valence electrons. The van der Waals surface area contributed by atoms with E-state index in [1.54, 1.807) is 20.3 Å². The number of rotatable bonds is 5. The molecule has 0 spiro atoms. The van der Waals surface area contributed by atoms with E-state index < -0.39 is 5.60 Å². The predicted molar refractivity (Wildman–Crippen MR) is 121 cm³/mol. The Morgan fingerprint density at radius 2 is 1.90 bits per heavy atom. The second kappa shape index (κ2) is 9.15. The van der Waals surface area contributed by atoms with E-state index in [9.17, 15) is 9.90 Å². The summed E-state index contributed by atoms with van der Waals surface area (Å²) < 4.78 is 11.1. The van der Waals surface area contributed by atoms with Gasteiger partial charge in [-0.25, -0.2) is 0 Å². The van der Waals surface area contributed by atoms with Gasteiger partial charge in [-0.05, 0) is 49.1 Å². The lowest BCUT2D eigenvalue weighted by Gasteiger charge is -2.52. The van der Waals surface area contributed by atoms with Gasteiger partial charge in [-0.3, -0.25) is 4.79 Å². The Bertz CT molecular complexity index is 942. The standard InChI is InChI=1S/C26H31NO4/c1-30-20-12-13-23(31-2)21(18-20)25-22-10-6-7-15-26(22,29)16-17-27(25)24(28)14-11-19-8-4-3-5-9-19/h3-5,8-9,11-14,18,22,25,29H,6-7,10,15-17H2,1-2H3/t22-,25-,26+/m1/s1. The SMILES string of the molecule is COc1ccc(OC)c([C@@H]2[C@H]3CCCC[C@]3(O)CCN2C(=O)C=Cc2ccccc2)c1. The van der Waals surface area contributed by atoms with Crippen molar-refractivity contribution in [2.24, 2.45) is 5.92 Å². The molecule has 2 aromatic rings. The van der Waals surface area contributed by atoms with Gasteiger partial charge in [0.15, 0.2) is 0 Å². The lowest BCUT2D eigenvalue weighted by molar-refractivity contribution is -0.151. The van der Waals surface area contributed by atoms with Crippen LogP contribution >= 0.6 is 0 Å². The molecule has 31 heavy (non-hydrogen) atoms. The van der Waals surface area contributed by atoms with Crippen LogP contribution in [0.3, 0.4) is 0 Å². The average molecular weight is 422 g/mol. The Labute approximate surface area is 184 Å². The minimum atomic E-state index is -0.753. The number of nitrogens with zero attached hydrogens (tertiary/aromatic N) is 1. The fourth-order valence-corrected chi connectivity index (χ4v) is 5.21. The number of carbonyl (C=O) groups excluding carboxylic acids is 1. The molecule has 1 amide bonds. The number of piperidine rings is 1. The van der Waals surface area contributed by atoms with Crippen molar-refractivity contribution < 1.29 is 19.4 Å². The molecular formula is C26H31NO4. The summed E-state index contributed by atoms with van der Waals surface area (Å²) in [5.41, 5.74) is 1.13. The lowest BCUT2D eigenvalue weighted by Crippen LogP contribution is -2.56. The number of benzene rings is 2. The molecule has 2 aromatic carbocycles. The molecule has 0 radical (unpaired) electrons. The minimum absolute atomic E-state index is 0.0370. The number of amides is 1. The van der Waals surface area contributed by atoms with E-state index >= 15 is 0 Å². The largest absolute Gasteiger partial charge is 0.497 e. The zero-order valence-electron chi connectivity index (χ0n) is 18.3. The normalized spacial score (nSPS) is 25.8. The summed E-state index contributed by atoms with van der Waals surface area (Å²) in [6, 6.07) is 15.2. The molecule has 2 aliphatic rings. The van der Waals surface area contributed by atoms with E-state index in [0.29, 0.717) is 24.5 Å². The molecule has 5 heteroatoms. The molecule has 1 saturated heterocycles. The van der Waals surface area contributed by atoms with E-state index in [2.05, 4.69) is 0 Å². The first kappa shape index (κ1) is 21.4. The maximum atomic E-state index is 13.4. The van der Waals surface area contributed by atoms with Gasteiger partial charge >= 0.3 is 0 Å². The van der Waals surface area contributed by atoms with Crippen LogP contribution in [0, 0.1) is 5.92 Å². The molecule has 1 N–H and O–H groups in total. The third-order valence-corrected chi connectivity index (χ3v) is 6.82. The van der Waals surface area contributed by atoms with Crippen LogP contribution in [0.25, 0.3) is 6.08 Å². The van der Waals surface area contributed by atoms with Crippen LogP contribution in [0.1, 0.15) is 49.3 Å². The molecule has 1 aliphatic heterocycles. The van der Waals surface area contributed by atoms with Gasteiger partial charge in [0.2, 0.25) is 5.91 Å². The average Bonchev–Trinajstić information content (AvgIpc) is 2.81. The van der Waals surface area contributed by atoms with Crippen molar-refractivity contribution in [2.75, 3.05) is 20.8 Å². The molecule has 0 bridgehead atoms. The van der Waals surface area contributed by atoms with Crippen LogP contribution in [-0.2, 0) is 4.79 Å². The van der Waals surface area contributed by atoms with Gasteiger partial charge in [0.05, 0.1) is 25.9 Å². The van der Waals surface area contributed by atoms with Gasteiger partial charge in [-0.1, -0.05) is 43.2 Å². The number of hydrogen-bond acceptors (Lipinski definition) is 4. The van der Waals surface area contributed by atoms with Crippen molar-refractivity contribution in [3.05, 3.63) is 65.7 Å². The summed E-state index contributed by atoms with van der Waals surface area (Å²) in [6.07, 6.45) is 7.84. The highest BCUT2D eigenvalue weighted by atomic mass is 16.5. The summed E-state index contributed by atoms with van der Waals surface area (Å²) in [5.74, 6) is 1.34. The second-order valence-electron chi connectivity index (χ2n) is 8.53. The van der Waals surface area contributed by atoms with Crippen LogP contribution in [0.2, 0.25) is 0 Å². The summed E-state index contributed by atoms with van der Waals surface area (Å²) in [5, 5.41) is 11.5. The van der Waals surface area contributed by atoms with E-state index in [0.717, 1.165) is 36.8 Å². The van der Waals surface area contributed by atoms with E-state index in [1.807, 2.05) is 59.5 Å². The molecule has 1 aliphatic carbocycles. The Morgan fingerprint density at radius 1 is 1.10 bits per heavy atom. The van der Waals surface area contributed by atoms with Gasteiger partial charge in [0, 0.05) is 24.1 Å². The highest BCUT2D eigenvalue weighted by molar-refractivity contribution is 5.92. The van der Waals surface area contributed by atoms with Crippen molar-refractivity contribution in [3.8, 4) is 11.5 Å². The Balaban J connectivity index is 1.73. The highest BCUT2D eigenvalue weighted by Gasteiger charge is 2.50. The fraction of sp³-hybridized carbons (Fsp3) is 0.423. The van der Waals surface area contributed by atoms with Gasteiger partial charge < -0.3 is 19.5 Å². The number of aliphatic hydroxyl groups is 1. The molecule has 5 nitrogen and oxygen atoms in total. The third kappa shape index (κ3) is 4.33. The van der Waals surface area contributed by atoms with Crippen molar-refractivity contribution in [2.45, 2.75) is 43.7 Å². The van der Waals surface area contributed by atoms with Crippen LogP contribution < -0.4 is 9.47 Å². The van der Waals surface area contributed by atoms with Crippen molar-refractivity contribution in [3.63, 3.8) is 0 Å². The maximum Gasteiger partial charge on any atom is 0.247 e. The van der Waals surface area contributed by atoms with Crippen molar-refractivity contribution >= 4 is 12.0 Å². The number of methoxy groups -OCH3 is 2. The van der Waals surface area contributed by atoms with Gasteiger partial charge in [-0.2, -0.15) is 0 Å². The first-order valence-electron chi connectivity index (χ1n) is 11.0. The molecular weight excluding hydrogens is 390 g/mol. The number of hydrogen-bond donors (Lipinski definition) is 1. The van der Waals surface area contributed by atoms with Crippen LogP contribution in [-0.4, -0.2) is 42.3 Å². The molecule has 0 unspecified atom stereocenters.